The fourth-order valence-corrected chi connectivity index (χ4v) is 2.60. The van der Waals surface area contributed by atoms with Crippen LogP contribution in [0.1, 0.15) is 17.7 Å². The molecule has 0 bridgehead atoms. The number of aliphatic hydroxyl groups is 1. The smallest absolute Gasteiger partial charge is 0.0587 e. The summed E-state index contributed by atoms with van der Waals surface area (Å²) >= 11 is 0. The van der Waals surface area contributed by atoms with Gasteiger partial charge >= 0.3 is 0 Å². The first kappa shape index (κ1) is 12.3. The van der Waals surface area contributed by atoms with Crippen LogP contribution in [0, 0.1) is 0 Å². The zero-order chi connectivity index (χ0) is 13.1. The molecule has 5 heteroatoms. The molecular formula is C14H18N4O. The van der Waals surface area contributed by atoms with Gasteiger partial charge in [0.05, 0.1) is 12.3 Å². The van der Waals surface area contributed by atoms with Crippen LogP contribution in [0.15, 0.2) is 36.8 Å². The number of rotatable bonds is 3. The Morgan fingerprint density at radius 2 is 2.26 bits per heavy atom. The van der Waals surface area contributed by atoms with Crippen molar-refractivity contribution in [1.82, 2.24) is 19.7 Å². The zero-order valence-corrected chi connectivity index (χ0v) is 10.8. The minimum atomic E-state index is 0.182. The van der Waals surface area contributed by atoms with Crippen LogP contribution in [0.3, 0.4) is 0 Å². The molecule has 0 radical (unpaired) electrons. The van der Waals surface area contributed by atoms with Gasteiger partial charge in [-0.05, 0) is 24.1 Å². The number of fused-ring (bicyclic) bond motifs is 1. The first-order chi connectivity index (χ1) is 9.36. The van der Waals surface area contributed by atoms with Crippen LogP contribution in [-0.2, 0) is 19.6 Å². The molecule has 0 aliphatic carbocycles. The molecule has 0 aromatic carbocycles. The van der Waals surface area contributed by atoms with Crippen molar-refractivity contribution in [2.75, 3.05) is 6.61 Å². The van der Waals surface area contributed by atoms with E-state index in [0.29, 0.717) is 0 Å². The quantitative estimate of drug-likeness (QED) is 0.894. The second kappa shape index (κ2) is 5.50. The van der Waals surface area contributed by atoms with Crippen LogP contribution in [0.4, 0.5) is 0 Å². The second-order valence-electron chi connectivity index (χ2n) is 4.94. The Kier molecular flexibility index (Phi) is 3.57. The van der Waals surface area contributed by atoms with Gasteiger partial charge in [-0.15, -0.1) is 0 Å². The van der Waals surface area contributed by atoms with E-state index in [9.17, 15) is 5.11 Å². The Morgan fingerprint density at radius 3 is 3.05 bits per heavy atom. The molecule has 0 saturated heterocycles. The maximum absolute atomic E-state index is 9.59. The maximum atomic E-state index is 9.59. The maximum Gasteiger partial charge on any atom is 0.0587 e. The molecule has 1 aliphatic rings. The van der Waals surface area contributed by atoms with Gasteiger partial charge in [-0.1, -0.05) is 6.07 Å². The van der Waals surface area contributed by atoms with Gasteiger partial charge in [0.1, 0.15) is 0 Å². The molecule has 5 nitrogen and oxygen atoms in total. The van der Waals surface area contributed by atoms with Crippen molar-refractivity contribution in [3.8, 4) is 0 Å². The lowest BCUT2D eigenvalue weighted by Crippen LogP contribution is -2.36. The first-order valence-corrected chi connectivity index (χ1v) is 6.61. The van der Waals surface area contributed by atoms with E-state index in [0.717, 1.165) is 26.1 Å². The van der Waals surface area contributed by atoms with Gasteiger partial charge in [0, 0.05) is 44.3 Å². The molecule has 0 amide bonds. The molecule has 0 spiro atoms. The standard InChI is InChI=1S/C14H18N4O/c19-11-14-4-7-18-13(3-6-16-18)10-17(14)9-12-2-1-5-15-8-12/h1-3,5-6,8,14,19H,4,7,9-11H2/t14-/m0/s1. The van der Waals surface area contributed by atoms with Crippen molar-refractivity contribution in [3.05, 3.63) is 48.0 Å². The number of nitrogens with zero attached hydrogens (tertiary/aromatic N) is 4. The molecule has 1 aliphatic heterocycles. The summed E-state index contributed by atoms with van der Waals surface area (Å²) in [7, 11) is 0. The van der Waals surface area contributed by atoms with Crippen molar-refractivity contribution >= 4 is 0 Å². The Morgan fingerprint density at radius 1 is 1.32 bits per heavy atom. The number of hydrogen-bond donors (Lipinski definition) is 1. The van der Waals surface area contributed by atoms with E-state index in [1.54, 1.807) is 6.20 Å². The highest BCUT2D eigenvalue weighted by molar-refractivity contribution is 5.10. The third kappa shape index (κ3) is 2.67. The van der Waals surface area contributed by atoms with Gasteiger partial charge in [0.15, 0.2) is 0 Å². The Hall–Kier alpha value is -1.72. The highest BCUT2D eigenvalue weighted by atomic mass is 16.3. The number of pyridine rings is 1. The van der Waals surface area contributed by atoms with Crippen LogP contribution in [-0.4, -0.2) is 37.4 Å². The van der Waals surface area contributed by atoms with Gasteiger partial charge in [0.2, 0.25) is 0 Å². The second-order valence-corrected chi connectivity index (χ2v) is 4.94. The molecule has 0 saturated carbocycles. The van der Waals surface area contributed by atoms with Crippen LogP contribution < -0.4 is 0 Å². The summed E-state index contributed by atoms with van der Waals surface area (Å²) in [6, 6.07) is 6.26. The average molecular weight is 258 g/mol. The predicted molar refractivity (Wildman–Crippen MR) is 71.2 cm³/mol. The van der Waals surface area contributed by atoms with Crippen molar-refractivity contribution in [2.45, 2.75) is 32.1 Å². The molecule has 2 aromatic heterocycles. The van der Waals surface area contributed by atoms with Gasteiger partial charge in [-0.2, -0.15) is 5.10 Å². The average Bonchev–Trinajstić information content (AvgIpc) is 2.81. The summed E-state index contributed by atoms with van der Waals surface area (Å²) in [4.78, 5) is 6.46. The molecular weight excluding hydrogens is 240 g/mol. The summed E-state index contributed by atoms with van der Waals surface area (Å²) in [5.41, 5.74) is 2.38. The number of aryl methyl sites for hydroxylation is 1. The molecule has 0 fully saturated rings. The van der Waals surface area contributed by atoms with Crippen molar-refractivity contribution < 1.29 is 5.11 Å². The summed E-state index contributed by atoms with van der Waals surface area (Å²) in [5.74, 6) is 0. The number of aromatic nitrogens is 3. The highest BCUT2D eigenvalue weighted by Gasteiger charge is 2.23. The predicted octanol–water partition coefficient (Wildman–Crippen LogP) is 1.04. The van der Waals surface area contributed by atoms with Crippen molar-refractivity contribution in [2.24, 2.45) is 0 Å². The Labute approximate surface area is 112 Å². The molecule has 3 rings (SSSR count). The summed E-state index contributed by atoms with van der Waals surface area (Å²) < 4.78 is 2.03. The van der Waals surface area contributed by atoms with Crippen LogP contribution in [0.25, 0.3) is 0 Å². The summed E-state index contributed by atoms with van der Waals surface area (Å²) in [6.45, 7) is 2.69. The minimum absolute atomic E-state index is 0.182. The molecule has 3 heterocycles. The summed E-state index contributed by atoms with van der Waals surface area (Å²) in [5, 5.41) is 13.9. The van der Waals surface area contributed by atoms with E-state index < -0.39 is 0 Å². The fourth-order valence-electron chi connectivity index (χ4n) is 2.60. The highest BCUT2D eigenvalue weighted by Crippen LogP contribution is 2.19. The van der Waals surface area contributed by atoms with E-state index in [1.165, 1.54) is 11.3 Å². The normalized spacial score (nSPS) is 19.9. The molecule has 19 heavy (non-hydrogen) atoms. The SMILES string of the molecule is OC[C@@H]1CCn2nccc2CN1Cc1cccnc1. The van der Waals surface area contributed by atoms with Crippen LogP contribution >= 0.6 is 0 Å². The third-order valence-electron chi connectivity index (χ3n) is 3.68. The molecule has 2 aromatic rings. The number of aliphatic hydroxyl groups excluding tert-OH is 1. The van der Waals surface area contributed by atoms with E-state index in [-0.39, 0.29) is 12.6 Å². The largest absolute Gasteiger partial charge is 0.395 e. The lowest BCUT2D eigenvalue weighted by atomic mass is 10.1. The van der Waals surface area contributed by atoms with Gasteiger partial charge < -0.3 is 5.11 Å². The minimum Gasteiger partial charge on any atom is -0.395 e. The van der Waals surface area contributed by atoms with Crippen molar-refractivity contribution in [1.29, 1.82) is 0 Å². The topological polar surface area (TPSA) is 54.2 Å². The van der Waals surface area contributed by atoms with Crippen LogP contribution in [0.5, 0.6) is 0 Å². The zero-order valence-electron chi connectivity index (χ0n) is 10.8. The molecule has 1 N–H and O–H groups in total. The first-order valence-electron chi connectivity index (χ1n) is 6.61. The van der Waals surface area contributed by atoms with E-state index in [4.69, 9.17) is 0 Å². The molecule has 0 unspecified atom stereocenters. The van der Waals surface area contributed by atoms with Gasteiger partial charge in [-0.3, -0.25) is 14.6 Å². The fraction of sp³-hybridized carbons (Fsp3) is 0.429. The monoisotopic (exact) mass is 258 g/mol. The number of hydrogen-bond acceptors (Lipinski definition) is 4. The van der Waals surface area contributed by atoms with E-state index in [2.05, 4.69) is 27.1 Å². The van der Waals surface area contributed by atoms with E-state index >= 15 is 0 Å². The third-order valence-corrected chi connectivity index (χ3v) is 3.68. The lowest BCUT2D eigenvalue weighted by Gasteiger charge is -2.27. The van der Waals surface area contributed by atoms with Crippen molar-refractivity contribution in [3.63, 3.8) is 0 Å². The lowest BCUT2D eigenvalue weighted by molar-refractivity contribution is 0.107. The Bertz CT molecular complexity index is 525. The van der Waals surface area contributed by atoms with Gasteiger partial charge in [-0.25, -0.2) is 0 Å². The van der Waals surface area contributed by atoms with E-state index in [1.807, 2.05) is 23.1 Å². The van der Waals surface area contributed by atoms with Gasteiger partial charge in [0.25, 0.3) is 0 Å². The summed E-state index contributed by atoms with van der Waals surface area (Å²) in [6.07, 6.45) is 6.43. The molecule has 1 atom stereocenters. The Balaban J connectivity index is 1.81. The van der Waals surface area contributed by atoms with Crippen LogP contribution in [0.2, 0.25) is 0 Å². The molecule has 100 valence electrons.